The van der Waals surface area contributed by atoms with Crippen LogP contribution in [0.25, 0.3) is 0 Å². The normalized spacial score (nSPS) is 22.6. The third-order valence-corrected chi connectivity index (χ3v) is 6.39. The van der Waals surface area contributed by atoms with E-state index in [1.165, 1.54) is 18.2 Å². The number of hydrogen-bond acceptors (Lipinski definition) is 4. The van der Waals surface area contributed by atoms with Crippen LogP contribution >= 0.6 is 11.6 Å². The number of ether oxygens (including phenoxy) is 2. The predicted octanol–water partition coefficient (Wildman–Crippen LogP) is 3.12. The van der Waals surface area contributed by atoms with Crippen LogP contribution in [0.2, 0.25) is 5.02 Å². The number of carbonyl (C=O) groups is 1. The Kier molecular flexibility index (Phi) is 6.21. The highest BCUT2D eigenvalue weighted by Crippen LogP contribution is 2.51. The zero-order valence-corrected chi connectivity index (χ0v) is 16.8. The number of hydrogen-bond donors (Lipinski definition) is 1. The van der Waals surface area contributed by atoms with E-state index < -0.39 is 5.82 Å². The van der Waals surface area contributed by atoms with Gasteiger partial charge in [-0.2, -0.15) is 0 Å². The Morgan fingerprint density at radius 2 is 2.04 bits per heavy atom. The van der Waals surface area contributed by atoms with Crippen LogP contribution in [0.3, 0.4) is 0 Å². The first-order chi connectivity index (χ1) is 13.5. The summed E-state index contributed by atoms with van der Waals surface area (Å²) in [4.78, 5) is 14.6. The van der Waals surface area contributed by atoms with E-state index in [1.54, 1.807) is 0 Å². The monoisotopic (exact) mass is 410 g/mol. The molecule has 0 bridgehead atoms. The minimum atomic E-state index is -0.490. The van der Waals surface area contributed by atoms with Crippen LogP contribution in [0.15, 0.2) is 18.2 Å². The van der Waals surface area contributed by atoms with Crippen LogP contribution in [-0.2, 0) is 9.47 Å². The average molecular weight is 411 g/mol. The van der Waals surface area contributed by atoms with Gasteiger partial charge in [-0.1, -0.05) is 11.6 Å². The summed E-state index contributed by atoms with van der Waals surface area (Å²) in [5.41, 5.74) is 0.717. The van der Waals surface area contributed by atoms with Crippen molar-refractivity contribution in [3.05, 3.63) is 34.6 Å². The molecule has 2 saturated heterocycles. The van der Waals surface area contributed by atoms with Crippen LogP contribution in [-0.4, -0.2) is 62.9 Å². The van der Waals surface area contributed by atoms with Crippen molar-refractivity contribution >= 4 is 17.5 Å². The summed E-state index contributed by atoms with van der Waals surface area (Å²) in [6.07, 6.45) is 4.69. The Balaban J connectivity index is 1.10. The number of nitrogens with zero attached hydrogens (tertiary/aromatic N) is 1. The van der Waals surface area contributed by atoms with E-state index in [0.717, 1.165) is 65.1 Å². The summed E-state index contributed by atoms with van der Waals surface area (Å²) in [6.45, 7) is 6.35. The molecule has 1 amide bonds. The lowest BCUT2D eigenvalue weighted by molar-refractivity contribution is -0.107. The third-order valence-electron chi connectivity index (χ3n) is 6.17. The van der Waals surface area contributed by atoms with Crippen molar-refractivity contribution in [2.75, 3.05) is 46.0 Å². The van der Waals surface area contributed by atoms with E-state index in [0.29, 0.717) is 24.0 Å². The summed E-state index contributed by atoms with van der Waals surface area (Å²) >= 11 is 5.81. The number of nitrogens with one attached hydrogen (secondary N) is 1. The Morgan fingerprint density at radius 3 is 2.75 bits per heavy atom. The summed E-state index contributed by atoms with van der Waals surface area (Å²) in [5, 5.41) is 3.15. The highest BCUT2D eigenvalue weighted by Gasteiger charge is 2.51. The third kappa shape index (κ3) is 4.85. The molecule has 0 atom stereocenters. The maximum atomic E-state index is 13.4. The summed E-state index contributed by atoms with van der Waals surface area (Å²) in [5.74, 6) is -0.243. The molecule has 1 aromatic carbocycles. The molecule has 7 heteroatoms. The van der Waals surface area contributed by atoms with E-state index in [9.17, 15) is 9.18 Å². The lowest BCUT2D eigenvalue weighted by atomic mass is 9.57. The van der Waals surface area contributed by atoms with Crippen LogP contribution in [0.5, 0.6) is 0 Å². The Hall–Kier alpha value is -1.21. The number of rotatable bonds is 7. The highest BCUT2D eigenvalue weighted by molar-refractivity contribution is 6.31. The van der Waals surface area contributed by atoms with Crippen LogP contribution in [0, 0.1) is 17.2 Å². The Bertz CT molecular complexity index is 677. The van der Waals surface area contributed by atoms with E-state index in [-0.39, 0.29) is 16.5 Å². The average Bonchev–Trinajstić information content (AvgIpc) is 2.61. The maximum Gasteiger partial charge on any atom is 0.251 e. The first kappa shape index (κ1) is 20.1. The van der Waals surface area contributed by atoms with E-state index >= 15 is 0 Å². The lowest BCUT2D eigenvalue weighted by Gasteiger charge is -2.59. The van der Waals surface area contributed by atoms with Gasteiger partial charge in [-0.05, 0) is 55.2 Å². The standard InChI is InChI=1S/C21H28ClFN2O3/c22-17-7-16(8-18(23)9-17)20(26)24-12-15-10-21(11-15)13-25(14-21)3-6-28-19-1-4-27-5-2-19/h7-9,15,19H,1-6,10-14H2,(H,24,26). The molecule has 5 nitrogen and oxygen atoms in total. The second-order valence-electron chi connectivity index (χ2n) is 8.54. The minimum Gasteiger partial charge on any atom is -0.381 e. The molecular formula is C21H28ClFN2O3. The van der Waals surface area contributed by atoms with Gasteiger partial charge in [0.25, 0.3) is 5.91 Å². The van der Waals surface area contributed by atoms with Crippen molar-refractivity contribution in [2.45, 2.75) is 31.8 Å². The molecule has 1 N–H and O–H groups in total. The number of halogens is 2. The van der Waals surface area contributed by atoms with Gasteiger partial charge in [-0.3, -0.25) is 9.69 Å². The van der Waals surface area contributed by atoms with E-state index in [1.807, 2.05) is 0 Å². The first-order valence-electron chi connectivity index (χ1n) is 10.2. The number of carbonyl (C=O) groups excluding carboxylic acids is 1. The van der Waals surface area contributed by atoms with Crippen molar-refractivity contribution in [1.29, 1.82) is 0 Å². The largest absolute Gasteiger partial charge is 0.381 e. The smallest absolute Gasteiger partial charge is 0.251 e. The highest BCUT2D eigenvalue weighted by atomic mass is 35.5. The van der Waals surface area contributed by atoms with Crippen molar-refractivity contribution in [3.63, 3.8) is 0 Å². The predicted molar refractivity (Wildman–Crippen MR) is 105 cm³/mol. The first-order valence-corrected chi connectivity index (χ1v) is 10.6. The SMILES string of the molecule is O=C(NCC1CC2(C1)CN(CCOC1CCOCC1)C2)c1cc(F)cc(Cl)c1. The number of benzene rings is 1. The molecular weight excluding hydrogens is 383 g/mol. The molecule has 3 fully saturated rings. The summed E-state index contributed by atoms with van der Waals surface area (Å²) in [7, 11) is 0. The minimum absolute atomic E-state index is 0.239. The van der Waals surface area contributed by atoms with E-state index in [2.05, 4.69) is 10.2 Å². The lowest BCUT2D eigenvalue weighted by Crippen LogP contribution is -2.63. The van der Waals surface area contributed by atoms with Gasteiger partial charge in [-0.25, -0.2) is 4.39 Å². The molecule has 2 aliphatic heterocycles. The topological polar surface area (TPSA) is 50.8 Å². The number of amides is 1. The second-order valence-corrected chi connectivity index (χ2v) is 8.97. The molecule has 1 aromatic rings. The number of likely N-dealkylation sites (tertiary alicyclic amines) is 1. The molecule has 2 heterocycles. The molecule has 28 heavy (non-hydrogen) atoms. The molecule has 0 aromatic heterocycles. The van der Waals surface area contributed by atoms with Gasteiger partial charge in [0, 0.05) is 50.0 Å². The van der Waals surface area contributed by atoms with Gasteiger partial charge in [0.05, 0.1) is 12.7 Å². The van der Waals surface area contributed by atoms with Crippen LogP contribution in [0.1, 0.15) is 36.0 Å². The fourth-order valence-corrected chi connectivity index (χ4v) is 5.06. The molecule has 1 aliphatic carbocycles. The Labute approximate surface area is 170 Å². The van der Waals surface area contributed by atoms with Gasteiger partial charge >= 0.3 is 0 Å². The fraction of sp³-hybridized carbons (Fsp3) is 0.667. The maximum absolute atomic E-state index is 13.4. The van der Waals surface area contributed by atoms with Gasteiger partial charge in [0.2, 0.25) is 0 Å². The van der Waals surface area contributed by atoms with Crippen LogP contribution < -0.4 is 5.32 Å². The second kappa shape index (κ2) is 8.66. The summed E-state index contributed by atoms with van der Waals surface area (Å²) in [6, 6.07) is 3.91. The molecule has 0 radical (unpaired) electrons. The zero-order chi connectivity index (χ0) is 19.6. The zero-order valence-electron chi connectivity index (χ0n) is 16.1. The van der Waals surface area contributed by atoms with Crippen molar-refractivity contribution in [3.8, 4) is 0 Å². The quantitative estimate of drug-likeness (QED) is 0.750. The Morgan fingerprint density at radius 1 is 1.29 bits per heavy atom. The molecule has 1 saturated carbocycles. The van der Waals surface area contributed by atoms with E-state index in [4.69, 9.17) is 21.1 Å². The molecule has 0 unspecified atom stereocenters. The van der Waals surface area contributed by atoms with Crippen molar-refractivity contribution < 1.29 is 18.7 Å². The summed E-state index contributed by atoms with van der Waals surface area (Å²) < 4.78 is 24.7. The van der Waals surface area contributed by atoms with Gasteiger partial charge < -0.3 is 14.8 Å². The van der Waals surface area contributed by atoms with Crippen LogP contribution in [0.4, 0.5) is 4.39 Å². The molecule has 4 rings (SSSR count). The molecule has 3 aliphatic rings. The molecule has 154 valence electrons. The van der Waals surface area contributed by atoms with Gasteiger partial charge in [-0.15, -0.1) is 0 Å². The fourth-order valence-electron chi connectivity index (χ4n) is 4.84. The van der Waals surface area contributed by atoms with Gasteiger partial charge in [0.1, 0.15) is 5.82 Å². The van der Waals surface area contributed by atoms with Gasteiger partial charge in [0.15, 0.2) is 0 Å². The molecule has 1 spiro atoms. The van der Waals surface area contributed by atoms with Crippen molar-refractivity contribution in [2.24, 2.45) is 11.3 Å². The van der Waals surface area contributed by atoms with Crippen molar-refractivity contribution in [1.82, 2.24) is 10.2 Å².